The fourth-order valence-electron chi connectivity index (χ4n) is 2.31. The Balaban J connectivity index is 0.000000686. The van der Waals surface area contributed by atoms with E-state index in [9.17, 15) is 0 Å². The molecular weight excluding hydrogens is 214 g/mol. The van der Waals surface area contributed by atoms with E-state index in [-0.39, 0.29) is 6.10 Å². The fourth-order valence-corrected chi connectivity index (χ4v) is 2.31. The van der Waals surface area contributed by atoms with Gasteiger partial charge in [-0.25, -0.2) is 0 Å². The highest BCUT2D eigenvalue weighted by Crippen LogP contribution is 2.08. The Morgan fingerprint density at radius 2 is 1.47 bits per heavy atom. The highest BCUT2D eigenvalue weighted by atomic mass is 16.3. The quantitative estimate of drug-likeness (QED) is 0.770. The molecule has 2 fully saturated rings. The van der Waals surface area contributed by atoms with E-state index in [4.69, 9.17) is 5.11 Å². The predicted octanol–water partition coefficient (Wildman–Crippen LogP) is 0.327. The van der Waals surface area contributed by atoms with Gasteiger partial charge in [-0.15, -0.1) is 0 Å². The maximum Gasteiger partial charge on any atom is 0.0793 e. The van der Waals surface area contributed by atoms with Crippen LogP contribution in [0, 0.1) is 0 Å². The minimum Gasteiger partial charge on any atom is -0.390 e. The van der Waals surface area contributed by atoms with Gasteiger partial charge in [0.05, 0.1) is 6.10 Å². The summed E-state index contributed by atoms with van der Waals surface area (Å²) in [4.78, 5) is 7.28. The number of rotatable bonds is 4. The van der Waals surface area contributed by atoms with Crippen LogP contribution in [0.25, 0.3) is 0 Å². The number of aliphatic hydroxyl groups is 1. The summed E-state index contributed by atoms with van der Waals surface area (Å²) in [6, 6.07) is 0. The number of piperazine rings is 1. The SMILES string of the molecule is CC.CN1CCN(CCCN2CC(O)C2)CC1. The molecule has 2 heterocycles. The lowest BCUT2D eigenvalue weighted by molar-refractivity contribution is -0.000128. The molecule has 1 N–H and O–H groups in total. The molecule has 17 heavy (non-hydrogen) atoms. The van der Waals surface area contributed by atoms with Crippen LogP contribution in [0.1, 0.15) is 20.3 Å². The summed E-state index contributed by atoms with van der Waals surface area (Å²) in [5.41, 5.74) is 0. The number of likely N-dealkylation sites (N-methyl/N-ethyl adjacent to an activating group) is 1. The highest BCUT2D eigenvalue weighted by Gasteiger charge is 2.23. The second kappa shape index (κ2) is 8.03. The molecule has 0 aromatic heterocycles. The van der Waals surface area contributed by atoms with Gasteiger partial charge in [-0.3, -0.25) is 4.90 Å². The van der Waals surface area contributed by atoms with Gasteiger partial charge >= 0.3 is 0 Å². The summed E-state index contributed by atoms with van der Waals surface area (Å²) >= 11 is 0. The van der Waals surface area contributed by atoms with Crippen molar-refractivity contribution in [3.05, 3.63) is 0 Å². The Kier molecular flexibility index (Phi) is 7.04. The summed E-state index contributed by atoms with van der Waals surface area (Å²) in [6.07, 6.45) is 1.20. The van der Waals surface area contributed by atoms with E-state index in [1.807, 2.05) is 13.8 Å². The molecule has 4 nitrogen and oxygen atoms in total. The lowest BCUT2D eigenvalue weighted by atomic mass is 10.1. The average molecular weight is 243 g/mol. The third kappa shape index (κ3) is 5.34. The van der Waals surface area contributed by atoms with Crippen LogP contribution in [-0.2, 0) is 0 Å². The number of aliphatic hydroxyl groups excluding tert-OH is 1. The molecule has 0 aromatic carbocycles. The summed E-state index contributed by atoms with van der Waals surface area (Å²) in [5, 5.41) is 9.14. The molecule has 4 heteroatoms. The summed E-state index contributed by atoms with van der Waals surface area (Å²) in [7, 11) is 2.19. The van der Waals surface area contributed by atoms with Gasteiger partial charge < -0.3 is 14.9 Å². The van der Waals surface area contributed by atoms with Crippen molar-refractivity contribution in [3.8, 4) is 0 Å². The molecule has 2 aliphatic rings. The normalized spacial score (nSPS) is 24.0. The molecule has 2 saturated heterocycles. The third-order valence-electron chi connectivity index (χ3n) is 3.48. The highest BCUT2D eigenvalue weighted by molar-refractivity contribution is 4.79. The summed E-state index contributed by atoms with van der Waals surface area (Å²) < 4.78 is 0. The minimum atomic E-state index is -0.0476. The van der Waals surface area contributed by atoms with Crippen LogP contribution in [-0.4, -0.2) is 85.3 Å². The van der Waals surface area contributed by atoms with E-state index in [1.165, 1.54) is 39.1 Å². The molecule has 0 amide bonds. The summed E-state index contributed by atoms with van der Waals surface area (Å²) in [5.74, 6) is 0. The minimum absolute atomic E-state index is 0.0476. The largest absolute Gasteiger partial charge is 0.390 e. The number of hydrogen-bond acceptors (Lipinski definition) is 4. The maximum absolute atomic E-state index is 9.14. The molecule has 0 aliphatic carbocycles. The number of likely N-dealkylation sites (tertiary alicyclic amines) is 1. The van der Waals surface area contributed by atoms with Gasteiger partial charge in [0.25, 0.3) is 0 Å². The zero-order valence-electron chi connectivity index (χ0n) is 11.7. The van der Waals surface area contributed by atoms with Gasteiger partial charge in [0, 0.05) is 39.3 Å². The van der Waals surface area contributed by atoms with E-state index in [2.05, 4.69) is 21.7 Å². The Hall–Kier alpha value is -0.160. The van der Waals surface area contributed by atoms with Gasteiger partial charge in [0.15, 0.2) is 0 Å². The van der Waals surface area contributed by atoms with Crippen molar-refractivity contribution in [2.75, 3.05) is 59.4 Å². The van der Waals surface area contributed by atoms with Crippen molar-refractivity contribution in [2.24, 2.45) is 0 Å². The second-order valence-corrected chi connectivity index (χ2v) is 4.91. The predicted molar refractivity (Wildman–Crippen MR) is 72.3 cm³/mol. The molecule has 2 rings (SSSR count). The van der Waals surface area contributed by atoms with Crippen LogP contribution >= 0.6 is 0 Å². The lowest BCUT2D eigenvalue weighted by Gasteiger charge is -2.37. The van der Waals surface area contributed by atoms with Crippen molar-refractivity contribution in [2.45, 2.75) is 26.4 Å². The first-order chi connectivity index (χ1) is 8.24. The first kappa shape index (κ1) is 14.9. The zero-order valence-corrected chi connectivity index (χ0v) is 11.7. The van der Waals surface area contributed by atoms with E-state index in [1.54, 1.807) is 0 Å². The third-order valence-corrected chi connectivity index (χ3v) is 3.48. The van der Waals surface area contributed by atoms with Crippen molar-refractivity contribution in [1.82, 2.24) is 14.7 Å². The molecular formula is C13H29N3O. The molecule has 0 saturated carbocycles. The van der Waals surface area contributed by atoms with Crippen molar-refractivity contribution in [3.63, 3.8) is 0 Å². The van der Waals surface area contributed by atoms with Crippen molar-refractivity contribution in [1.29, 1.82) is 0 Å². The van der Waals surface area contributed by atoms with E-state index in [0.29, 0.717) is 0 Å². The van der Waals surface area contributed by atoms with Crippen LogP contribution in [0.2, 0.25) is 0 Å². The van der Waals surface area contributed by atoms with Gasteiger partial charge in [-0.1, -0.05) is 13.8 Å². The smallest absolute Gasteiger partial charge is 0.0793 e. The number of β-amino-alcohol motifs (C(OH)–C–C–N with tert-alkyl or cyclic N) is 1. The monoisotopic (exact) mass is 243 g/mol. The Bertz CT molecular complexity index is 187. The molecule has 0 unspecified atom stereocenters. The van der Waals surface area contributed by atoms with Gasteiger partial charge in [-0.05, 0) is 26.6 Å². The van der Waals surface area contributed by atoms with Crippen LogP contribution in [0.15, 0.2) is 0 Å². The second-order valence-electron chi connectivity index (χ2n) is 4.91. The van der Waals surface area contributed by atoms with Crippen LogP contribution < -0.4 is 0 Å². The molecule has 0 aromatic rings. The first-order valence-corrected chi connectivity index (χ1v) is 7.05. The van der Waals surface area contributed by atoms with Crippen LogP contribution in [0.3, 0.4) is 0 Å². The van der Waals surface area contributed by atoms with E-state index < -0.39 is 0 Å². The fraction of sp³-hybridized carbons (Fsp3) is 1.00. The van der Waals surface area contributed by atoms with E-state index >= 15 is 0 Å². The van der Waals surface area contributed by atoms with Crippen molar-refractivity contribution >= 4 is 0 Å². The molecule has 0 atom stereocenters. The van der Waals surface area contributed by atoms with Crippen molar-refractivity contribution < 1.29 is 5.11 Å². The number of hydrogen-bond donors (Lipinski definition) is 1. The van der Waals surface area contributed by atoms with Gasteiger partial charge in [-0.2, -0.15) is 0 Å². The maximum atomic E-state index is 9.14. The molecule has 0 spiro atoms. The molecule has 102 valence electrons. The molecule has 2 aliphatic heterocycles. The standard InChI is InChI=1S/C11H23N3O.C2H6/c1-12-5-7-13(8-6-12)3-2-4-14-9-11(15)10-14;1-2/h11,15H,2-10H2,1H3;1-2H3. The Labute approximate surface area is 106 Å². The zero-order chi connectivity index (χ0) is 12.7. The molecule has 0 bridgehead atoms. The topological polar surface area (TPSA) is 30.0 Å². The molecule has 0 radical (unpaired) electrons. The number of nitrogens with zero attached hydrogens (tertiary/aromatic N) is 3. The Morgan fingerprint density at radius 1 is 0.941 bits per heavy atom. The van der Waals surface area contributed by atoms with E-state index in [0.717, 1.165) is 19.6 Å². The lowest BCUT2D eigenvalue weighted by Crippen LogP contribution is -2.51. The van der Waals surface area contributed by atoms with Gasteiger partial charge in [0.2, 0.25) is 0 Å². The summed E-state index contributed by atoms with van der Waals surface area (Å²) in [6.45, 7) is 13.0. The Morgan fingerprint density at radius 3 is 2.00 bits per heavy atom. The van der Waals surface area contributed by atoms with Crippen LogP contribution in [0.4, 0.5) is 0 Å². The van der Waals surface area contributed by atoms with Crippen LogP contribution in [0.5, 0.6) is 0 Å². The first-order valence-electron chi connectivity index (χ1n) is 7.05. The average Bonchev–Trinajstić information content (AvgIpc) is 2.32. The van der Waals surface area contributed by atoms with Gasteiger partial charge in [0.1, 0.15) is 0 Å².